The van der Waals surface area contributed by atoms with Crippen LogP contribution < -0.4 is 13.8 Å². The number of nitro groups is 1. The van der Waals surface area contributed by atoms with Crippen molar-refractivity contribution in [3.63, 3.8) is 0 Å². The van der Waals surface area contributed by atoms with Gasteiger partial charge in [-0.05, 0) is 29.5 Å². The molecule has 0 fully saturated rings. The van der Waals surface area contributed by atoms with Crippen LogP contribution in [0.15, 0.2) is 36.4 Å². The Morgan fingerprint density at radius 2 is 1.69 bits per heavy atom. The van der Waals surface area contributed by atoms with Crippen LogP contribution in [0.3, 0.4) is 0 Å². The summed E-state index contributed by atoms with van der Waals surface area (Å²) >= 11 is 5.83. The van der Waals surface area contributed by atoms with Gasteiger partial charge in [0.2, 0.25) is 0 Å². The van der Waals surface area contributed by atoms with Crippen LogP contribution in [0.25, 0.3) is 0 Å². The molecule has 0 atom stereocenters. The Morgan fingerprint density at radius 3 is 2.20 bits per heavy atom. The van der Waals surface area contributed by atoms with Gasteiger partial charge in [-0.2, -0.15) is 34.7 Å². The van der Waals surface area contributed by atoms with E-state index in [-0.39, 0.29) is 21.0 Å². The highest BCUT2D eigenvalue weighted by atomic mass is 35.5. The van der Waals surface area contributed by atoms with E-state index in [0.29, 0.717) is 12.1 Å². The first kappa shape index (κ1) is 28.5. The molecule has 0 aliphatic carbocycles. The minimum absolute atomic E-state index is 0.0359. The van der Waals surface area contributed by atoms with Crippen molar-refractivity contribution < 1.29 is 48.2 Å². The van der Waals surface area contributed by atoms with E-state index in [1.807, 2.05) is 0 Å². The smallest absolute Gasteiger partial charge is 0.416 e. The molecular formula is C16H16ClF3N4O9S2. The fourth-order valence-corrected chi connectivity index (χ4v) is 3.77. The summed E-state index contributed by atoms with van der Waals surface area (Å²) < 4.78 is 102. The van der Waals surface area contributed by atoms with Crippen LogP contribution in [0.2, 0.25) is 5.02 Å². The van der Waals surface area contributed by atoms with Crippen molar-refractivity contribution in [2.45, 2.75) is 6.18 Å². The summed E-state index contributed by atoms with van der Waals surface area (Å²) in [6.45, 7) is 0. The van der Waals surface area contributed by atoms with E-state index >= 15 is 0 Å². The SMILES string of the molecule is CNS(=O)(=O)ON(C)OS(=O)(=O)N(C)c1cc(Oc2ccc(C(F)(F)F)cc2Cl)ccc1[N+](=O)[O-]. The van der Waals surface area contributed by atoms with Crippen LogP contribution in [-0.4, -0.2) is 48.1 Å². The van der Waals surface area contributed by atoms with Gasteiger partial charge in [-0.1, -0.05) is 11.6 Å². The molecule has 0 aliphatic rings. The molecule has 0 aromatic heterocycles. The van der Waals surface area contributed by atoms with Gasteiger partial charge in [0.15, 0.2) is 0 Å². The molecule has 0 radical (unpaired) electrons. The molecule has 0 bridgehead atoms. The number of halogens is 4. The number of nitrogens with one attached hydrogen (secondary N) is 1. The predicted molar refractivity (Wildman–Crippen MR) is 115 cm³/mol. The van der Waals surface area contributed by atoms with E-state index in [1.165, 1.54) is 0 Å². The fraction of sp³-hybridized carbons (Fsp3) is 0.250. The van der Waals surface area contributed by atoms with Crippen molar-refractivity contribution in [1.82, 2.24) is 9.95 Å². The minimum Gasteiger partial charge on any atom is -0.456 e. The average Bonchev–Trinajstić information content (AvgIpc) is 2.72. The zero-order valence-electron chi connectivity index (χ0n) is 17.8. The van der Waals surface area contributed by atoms with Crippen LogP contribution in [-0.2, 0) is 35.4 Å². The zero-order valence-corrected chi connectivity index (χ0v) is 20.2. The first-order valence-corrected chi connectivity index (χ1v) is 12.0. The average molecular weight is 565 g/mol. The van der Waals surface area contributed by atoms with Crippen molar-refractivity contribution in [1.29, 1.82) is 0 Å². The summed E-state index contributed by atoms with van der Waals surface area (Å²) in [4.78, 5) is 10.5. The number of rotatable bonds is 10. The van der Waals surface area contributed by atoms with Crippen LogP contribution in [0.4, 0.5) is 24.5 Å². The second-order valence-corrected chi connectivity index (χ2v) is 9.75. The minimum atomic E-state index is -4.94. The molecule has 0 heterocycles. The number of hydrogen-bond donors (Lipinski definition) is 1. The molecule has 0 saturated carbocycles. The van der Waals surface area contributed by atoms with Crippen LogP contribution in [0, 0.1) is 10.1 Å². The van der Waals surface area contributed by atoms with E-state index in [4.69, 9.17) is 16.3 Å². The van der Waals surface area contributed by atoms with E-state index in [9.17, 15) is 40.1 Å². The molecular weight excluding hydrogens is 549 g/mol. The number of alkyl halides is 3. The number of nitro benzene ring substituents is 1. The van der Waals surface area contributed by atoms with E-state index in [0.717, 1.165) is 45.4 Å². The summed E-state index contributed by atoms with van der Waals surface area (Å²) in [7, 11) is -6.75. The Kier molecular flexibility index (Phi) is 8.53. The topological polar surface area (TPSA) is 158 Å². The fourth-order valence-electron chi connectivity index (χ4n) is 2.35. The number of benzene rings is 2. The summed E-state index contributed by atoms with van der Waals surface area (Å²) in [6.07, 6.45) is -4.66. The lowest BCUT2D eigenvalue weighted by molar-refractivity contribution is -0.384. The molecule has 0 amide bonds. The normalized spacial score (nSPS) is 12.6. The predicted octanol–water partition coefficient (Wildman–Crippen LogP) is 3.00. The second kappa shape index (κ2) is 10.5. The highest BCUT2D eigenvalue weighted by Gasteiger charge is 2.32. The Morgan fingerprint density at radius 1 is 1.06 bits per heavy atom. The number of hydrogen-bond acceptors (Lipinski definition) is 10. The Balaban J connectivity index is 2.39. The number of nitrogens with zero attached hydrogens (tertiary/aromatic N) is 3. The second-order valence-electron chi connectivity index (χ2n) is 6.32. The molecule has 13 nitrogen and oxygen atoms in total. The highest BCUT2D eigenvalue weighted by Crippen LogP contribution is 2.39. The number of anilines is 1. The van der Waals surface area contributed by atoms with Gasteiger partial charge in [0.1, 0.15) is 17.2 Å². The van der Waals surface area contributed by atoms with Crippen LogP contribution in [0.5, 0.6) is 11.5 Å². The third kappa shape index (κ3) is 7.37. The van der Waals surface area contributed by atoms with E-state index in [2.05, 4.69) is 8.57 Å². The Bertz CT molecular complexity index is 1320. The molecule has 19 heteroatoms. The van der Waals surface area contributed by atoms with Gasteiger partial charge < -0.3 is 4.74 Å². The molecule has 2 aromatic carbocycles. The lowest BCUT2D eigenvalue weighted by Crippen LogP contribution is -2.37. The quantitative estimate of drug-likeness (QED) is 0.336. The lowest BCUT2D eigenvalue weighted by Gasteiger charge is -2.22. The van der Waals surface area contributed by atoms with Crippen molar-refractivity contribution in [3.8, 4) is 11.5 Å². The first-order chi connectivity index (χ1) is 16.0. The van der Waals surface area contributed by atoms with Gasteiger partial charge in [-0.25, -0.2) is 4.31 Å². The van der Waals surface area contributed by atoms with Gasteiger partial charge >= 0.3 is 26.8 Å². The molecule has 0 spiro atoms. The summed E-state index contributed by atoms with van der Waals surface area (Å²) in [5.41, 5.74) is -2.40. The molecule has 35 heavy (non-hydrogen) atoms. The maximum absolute atomic E-state index is 12.8. The van der Waals surface area contributed by atoms with Crippen LogP contribution in [0.1, 0.15) is 5.56 Å². The molecule has 1 N–H and O–H groups in total. The third-order valence-corrected chi connectivity index (χ3v) is 6.42. The zero-order chi connectivity index (χ0) is 26.8. The van der Waals surface area contributed by atoms with Crippen LogP contribution >= 0.6 is 11.6 Å². The molecule has 0 saturated heterocycles. The summed E-state index contributed by atoms with van der Waals surface area (Å²) in [5, 5.41) is 10.9. The number of hydroxylamine groups is 2. The third-order valence-electron chi connectivity index (χ3n) is 3.96. The van der Waals surface area contributed by atoms with Gasteiger partial charge in [0.25, 0.3) is 5.69 Å². The summed E-state index contributed by atoms with van der Waals surface area (Å²) in [5.74, 6) is -0.497. The summed E-state index contributed by atoms with van der Waals surface area (Å²) in [6, 6.07) is 4.98. The standard InChI is InChI=1S/C16H16ClF3N4O9S2/c1-21-34(27,28)32-23(3)33-35(29,30)22(2)14-9-11(5-6-13(14)24(25)26)31-15-7-4-10(8-12(15)17)16(18,19)20/h4-9,21H,1-3H3. The van der Waals surface area contributed by atoms with Gasteiger partial charge in [0, 0.05) is 33.3 Å². The lowest BCUT2D eigenvalue weighted by atomic mass is 10.2. The first-order valence-electron chi connectivity index (χ1n) is 8.85. The van der Waals surface area contributed by atoms with Gasteiger partial charge in [0.05, 0.1) is 15.5 Å². The molecule has 0 aliphatic heterocycles. The van der Waals surface area contributed by atoms with Crippen molar-refractivity contribution in [3.05, 3.63) is 57.1 Å². The Hall–Kier alpha value is -2.74. The van der Waals surface area contributed by atoms with Crippen molar-refractivity contribution >= 4 is 43.6 Å². The van der Waals surface area contributed by atoms with Gasteiger partial charge in [-0.15, -0.1) is 8.57 Å². The maximum Gasteiger partial charge on any atom is 0.416 e. The molecule has 0 unspecified atom stereocenters. The number of ether oxygens (including phenoxy) is 1. The molecule has 2 rings (SSSR count). The van der Waals surface area contributed by atoms with E-state index < -0.39 is 53.7 Å². The maximum atomic E-state index is 12.8. The monoisotopic (exact) mass is 564 g/mol. The molecule has 194 valence electrons. The van der Waals surface area contributed by atoms with Gasteiger partial charge in [-0.3, -0.25) is 10.1 Å². The largest absolute Gasteiger partial charge is 0.456 e. The molecule has 2 aromatic rings. The Labute approximate surface area is 202 Å². The van der Waals surface area contributed by atoms with Crippen molar-refractivity contribution in [2.75, 3.05) is 25.4 Å². The highest BCUT2D eigenvalue weighted by molar-refractivity contribution is 7.88. The van der Waals surface area contributed by atoms with E-state index in [1.54, 1.807) is 4.72 Å². The van der Waals surface area contributed by atoms with Crippen molar-refractivity contribution in [2.24, 2.45) is 0 Å².